The van der Waals surface area contributed by atoms with Crippen molar-refractivity contribution in [1.29, 1.82) is 0 Å². The largest absolute Gasteiger partial charge is 0.277 e. The molecule has 0 radical (unpaired) electrons. The van der Waals surface area contributed by atoms with Crippen LogP contribution in [-0.2, 0) is 20.0 Å². The fourth-order valence-electron chi connectivity index (χ4n) is 3.30. The number of sulfonamides is 2. The lowest BCUT2D eigenvalue weighted by Gasteiger charge is -2.20. The summed E-state index contributed by atoms with van der Waals surface area (Å²) in [6.07, 6.45) is 0. The van der Waals surface area contributed by atoms with Crippen molar-refractivity contribution in [3.05, 3.63) is 132 Å². The molecule has 172 valence electrons. The Hall–Kier alpha value is -3.88. The number of rotatable bonds is 8. The first-order valence-corrected chi connectivity index (χ1v) is 13.3. The van der Waals surface area contributed by atoms with Gasteiger partial charge in [-0.1, -0.05) is 97.1 Å². The minimum atomic E-state index is -4.02. The van der Waals surface area contributed by atoms with E-state index in [9.17, 15) is 16.8 Å². The fraction of sp³-hybridized carbons (Fsp3) is 0. The van der Waals surface area contributed by atoms with E-state index in [1.807, 2.05) is 0 Å². The Morgan fingerprint density at radius 3 is 0.971 bits per heavy atom. The van der Waals surface area contributed by atoms with Crippen LogP contribution in [0.2, 0.25) is 0 Å². The normalized spacial score (nSPS) is 12.5. The average Bonchev–Trinajstić information content (AvgIpc) is 2.88. The topological polar surface area (TPSA) is 92.3 Å². The van der Waals surface area contributed by atoms with Crippen molar-refractivity contribution in [2.75, 3.05) is 0 Å². The molecule has 0 aliphatic rings. The quantitative estimate of drug-likeness (QED) is 0.357. The van der Waals surface area contributed by atoms with E-state index in [0.29, 0.717) is 11.1 Å². The molecule has 0 unspecified atom stereocenters. The fourth-order valence-corrected chi connectivity index (χ4v) is 5.55. The molecule has 8 heteroatoms. The summed E-state index contributed by atoms with van der Waals surface area (Å²) in [4.78, 5) is 0.114. The van der Waals surface area contributed by atoms with E-state index in [2.05, 4.69) is 9.44 Å². The Balaban J connectivity index is 1.93. The molecule has 0 saturated heterocycles. The molecule has 4 rings (SSSR count). The Bertz CT molecular complexity index is 1370. The Morgan fingerprint density at radius 1 is 0.412 bits per heavy atom. The van der Waals surface area contributed by atoms with Crippen molar-refractivity contribution in [3.8, 4) is 0 Å². The zero-order chi connectivity index (χ0) is 24.0. The van der Waals surface area contributed by atoms with Crippen LogP contribution in [-0.4, -0.2) is 16.8 Å². The van der Waals surface area contributed by atoms with Crippen molar-refractivity contribution >= 4 is 31.4 Å². The van der Waals surface area contributed by atoms with Crippen LogP contribution >= 0.6 is 0 Å². The van der Waals surface area contributed by atoms with Gasteiger partial charge in [-0.3, -0.25) is 9.44 Å². The lowest BCUT2D eigenvalue weighted by Crippen LogP contribution is -2.29. The molecule has 0 aromatic heterocycles. The predicted octanol–water partition coefficient (Wildman–Crippen LogP) is 4.47. The third-order valence-electron chi connectivity index (χ3n) is 4.95. The third kappa shape index (κ3) is 5.36. The summed E-state index contributed by atoms with van der Waals surface area (Å²) in [5.41, 5.74) is 1.21. The summed E-state index contributed by atoms with van der Waals surface area (Å²) in [6, 6.07) is 33.3. The van der Waals surface area contributed by atoms with E-state index in [-0.39, 0.29) is 21.2 Å². The first kappa shape index (κ1) is 23.3. The van der Waals surface area contributed by atoms with Gasteiger partial charge in [0.2, 0.25) is 0 Å². The molecule has 0 amide bonds. The van der Waals surface area contributed by atoms with Gasteiger partial charge >= 0.3 is 0 Å². The van der Waals surface area contributed by atoms with Gasteiger partial charge in [-0.2, -0.15) is 0 Å². The first-order valence-electron chi connectivity index (χ1n) is 10.4. The molecular weight excluding hydrogens is 468 g/mol. The van der Waals surface area contributed by atoms with Gasteiger partial charge in [0.25, 0.3) is 20.0 Å². The van der Waals surface area contributed by atoms with Gasteiger partial charge < -0.3 is 0 Å². The lowest BCUT2D eigenvalue weighted by atomic mass is 10.1. The molecule has 4 aromatic rings. The monoisotopic (exact) mass is 490 g/mol. The van der Waals surface area contributed by atoms with Gasteiger partial charge in [-0.05, 0) is 24.3 Å². The van der Waals surface area contributed by atoms with Crippen molar-refractivity contribution in [2.24, 2.45) is 0 Å². The lowest BCUT2D eigenvalue weighted by molar-refractivity contribution is 0.588. The zero-order valence-electron chi connectivity index (χ0n) is 18.0. The molecule has 0 aliphatic carbocycles. The highest BCUT2D eigenvalue weighted by atomic mass is 32.2. The molecule has 0 aliphatic heterocycles. The standard InChI is InChI=1S/C26H22N2O4S2/c29-33(30,23-17-9-3-10-18-23)27-25(21-13-5-1-6-14-21)26(22-15-7-2-8-16-22)28-34(31,32)24-19-11-4-12-20-24/h1-20,27-28H. The maximum absolute atomic E-state index is 13.3. The number of hydrogen-bond donors (Lipinski definition) is 2. The van der Waals surface area contributed by atoms with Crippen LogP contribution in [0, 0.1) is 0 Å². The summed E-state index contributed by atoms with van der Waals surface area (Å²) in [5, 5.41) is 0. The van der Waals surface area contributed by atoms with Crippen LogP contribution < -0.4 is 9.44 Å². The Morgan fingerprint density at radius 2 is 0.676 bits per heavy atom. The molecule has 2 N–H and O–H groups in total. The maximum Gasteiger partial charge on any atom is 0.261 e. The molecule has 0 bridgehead atoms. The summed E-state index contributed by atoms with van der Waals surface area (Å²) >= 11 is 0. The predicted molar refractivity (Wildman–Crippen MR) is 133 cm³/mol. The molecule has 0 spiro atoms. The van der Waals surface area contributed by atoms with E-state index < -0.39 is 20.0 Å². The number of benzene rings is 4. The summed E-state index contributed by atoms with van der Waals surface area (Å²) in [7, 11) is -8.05. The molecule has 0 saturated carbocycles. The van der Waals surface area contributed by atoms with Gasteiger partial charge in [-0.15, -0.1) is 0 Å². The van der Waals surface area contributed by atoms with E-state index in [4.69, 9.17) is 0 Å². The van der Waals surface area contributed by atoms with E-state index >= 15 is 0 Å². The second-order valence-electron chi connectivity index (χ2n) is 7.32. The van der Waals surface area contributed by atoms with Crippen LogP contribution in [0.15, 0.2) is 131 Å². The SMILES string of the molecule is O=S(=O)(NC(=C(NS(=O)(=O)c1ccccc1)c1ccccc1)c1ccccc1)c1ccccc1. The third-order valence-corrected chi connectivity index (χ3v) is 7.69. The van der Waals surface area contributed by atoms with Crippen molar-refractivity contribution in [3.63, 3.8) is 0 Å². The molecule has 4 aromatic carbocycles. The minimum absolute atomic E-state index is 0.0572. The molecular formula is C26H22N2O4S2. The van der Waals surface area contributed by atoms with E-state index in [1.54, 1.807) is 97.1 Å². The second-order valence-corrected chi connectivity index (χ2v) is 10.7. The van der Waals surface area contributed by atoms with E-state index in [0.717, 1.165) is 0 Å². The van der Waals surface area contributed by atoms with Crippen LogP contribution in [0.5, 0.6) is 0 Å². The smallest absolute Gasteiger partial charge is 0.261 e. The van der Waals surface area contributed by atoms with Crippen molar-refractivity contribution in [2.45, 2.75) is 9.79 Å². The van der Waals surface area contributed by atoms with Gasteiger partial charge in [0.1, 0.15) is 0 Å². The molecule has 34 heavy (non-hydrogen) atoms. The number of hydrogen-bond acceptors (Lipinski definition) is 4. The summed E-state index contributed by atoms with van der Waals surface area (Å²) in [5.74, 6) is 0. The van der Waals surface area contributed by atoms with Crippen molar-refractivity contribution < 1.29 is 16.8 Å². The molecule has 6 nitrogen and oxygen atoms in total. The van der Waals surface area contributed by atoms with Crippen LogP contribution in [0.3, 0.4) is 0 Å². The van der Waals surface area contributed by atoms with E-state index in [1.165, 1.54) is 24.3 Å². The van der Waals surface area contributed by atoms with Gasteiger partial charge in [0, 0.05) is 11.1 Å². The van der Waals surface area contributed by atoms with Gasteiger partial charge in [-0.25, -0.2) is 16.8 Å². The van der Waals surface area contributed by atoms with Crippen LogP contribution in [0.25, 0.3) is 11.4 Å². The first-order chi connectivity index (χ1) is 16.4. The van der Waals surface area contributed by atoms with Crippen LogP contribution in [0.1, 0.15) is 11.1 Å². The second kappa shape index (κ2) is 9.94. The number of nitrogens with one attached hydrogen (secondary N) is 2. The highest BCUT2D eigenvalue weighted by molar-refractivity contribution is 7.90. The highest BCUT2D eigenvalue weighted by Crippen LogP contribution is 2.26. The average molecular weight is 491 g/mol. The van der Waals surface area contributed by atoms with Crippen LogP contribution in [0.4, 0.5) is 0 Å². The zero-order valence-corrected chi connectivity index (χ0v) is 19.6. The Labute approximate surface area is 199 Å². The highest BCUT2D eigenvalue weighted by Gasteiger charge is 2.24. The maximum atomic E-state index is 13.3. The van der Waals surface area contributed by atoms with Gasteiger partial charge in [0.15, 0.2) is 0 Å². The van der Waals surface area contributed by atoms with Crippen molar-refractivity contribution in [1.82, 2.24) is 9.44 Å². The molecule has 0 fully saturated rings. The summed E-state index contributed by atoms with van der Waals surface area (Å²) in [6.45, 7) is 0. The summed E-state index contributed by atoms with van der Waals surface area (Å²) < 4.78 is 58.3. The van der Waals surface area contributed by atoms with Gasteiger partial charge in [0.05, 0.1) is 21.2 Å². The minimum Gasteiger partial charge on any atom is -0.277 e. The Kier molecular flexibility index (Phi) is 6.81. The molecule has 0 heterocycles. The molecule has 0 atom stereocenters.